The lowest BCUT2D eigenvalue weighted by atomic mass is 10.0. The van der Waals surface area contributed by atoms with Gasteiger partial charge in [0.1, 0.15) is 23.0 Å². The molecule has 0 amide bonds. The van der Waals surface area contributed by atoms with Crippen molar-refractivity contribution in [2.24, 2.45) is 0 Å². The van der Waals surface area contributed by atoms with Crippen LogP contribution in [0.2, 0.25) is 0 Å². The van der Waals surface area contributed by atoms with E-state index in [1.807, 2.05) is 0 Å². The SMILES string of the molecule is COc1ccc(OC)c(C=C2Oc3c(ccc(O)c3CN3CCOCC3)C2=O)c1. The molecule has 1 N–H and O–H groups in total. The smallest absolute Gasteiger partial charge is 0.231 e. The predicted molar refractivity (Wildman–Crippen MR) is 107 cm³/mol. The number of phenolic OH excluding ortho intramolecular Hbond substituents is 1. The maximum Gasteiger partial charge on any atom is 0.231 e. The van der Waals surface area contributed by atoms with E-state index in [1.165, 1.54) is 0 Å². The molecule has 0 atom stereocenters. The highest BCUT2D eigenvalue weighted by atomic mass is 16.5. The van der Waals surface area contributed by atoms with E-state index < -0.39 is 0 Å². The normalized spacial score (nSPS) is 17.9. The molecular formula is C22H23NO6. The van der Waals surface area contributed by atoms with Crippen molar-refractivity contribution in [3.05, 3.63) is 52.8 Å². The maximum atomic E-state index is 12.9. The fourth-order valence-electron chi connectivity index (χ4n) is 3.53. The van der Waals surface area contributed by atoms with Gasteiger partial charge in [-0.2, -0.15) is 0 Å². The summed E-state index contributed by atoms with van der Waals surface area (Å²) in [5.41, 5.74) is 1.72. The molecule has 7 nitrogen and oxygen atoms in total. The Hall–Kier alpha value is -3.03. The fraction of sp³-hybridized carbons (Fsp3) is 0.318. The molecular weight excluding hydrogens is 374 g/mol. The Balaban J connectivity index is 1.68. The molecule has 152 valence electrons. The first kappa shape index (κ1) is 19.3. The van der Waals surface area contributed by atoms with E-state index in [0.717, 1.165) is 13.1 Å². The van der Waals surface area contributed by atoms with Crippen molar-refractivity contribution in [3.63, 3.8) is 0 Å². The first-order valence-electron chi connectivity index (χ1n) is 9.42. The largest absolute Gasteiger partial charge is 0.507 e. The number of methoxy groups -OCH3 is 2. The van der Waals surface area contributed by atoms with Crippen molar-refractivity contribution in [1.82, 2.24) is 4.90 Å². The van der Waals surface area contributed by atoms with Crippen LogP contribution in [0.4, 0.5) is 0 Å². The van der Waals surface area contributed by atoms with Crippen LogP contribution >= 0.6 is 0 Å². The van der Waals surface area contributed by atoms with Gasteiger partial charge in [-0.3, -0.25) is 9.69 Å². The fourth-order valence-corrected chi connectivity index (χ4v) is 3.53. The Morgan fingerprint density at radius 1 is 1.14 bits per heavy atom. The highest BCUT2D eigenvalue weighted by molar-refractivity contribution is 6.15. The van der Waals surface area contributed by atoms with Gasteiger partial charge in [-0.05, 0) is 36.4 Å². The number of nitrogens with zero attached hydrogens (tertiary/aromatic N) is 1. The van der Waals surface area contributed by atoms with Crippen molar-refractivity contribution in [1.29, 1.82) is 0 Å². The van der Waals surface area contributed by atoms with Crippen LogP contribution in [0.3, 0.4) is 0 Å². The number of Topliss-reactive ketones (excluding diaryl/α,β-unsaturated/α-hetero) is 1. The van der Waals surface area contributed by atoms with Crippen molar-refractivity contribution in [2.45, 2.75) is 6.54 Å². The molecule has 29 heavy (non-hydrogen) atoms. The van der Waals surface area contributed by atoms with E-state index in [4.69, 9.17) is 18.9 Å². The van der Waals surface area contributed by atoms with Crippen LogP contribution in [0.5, 0.6) is 23.0 Å². The number of ketones is 1. The van der Waals surface area contributed by atoms with Crippen LogP contribution in [-0.4, -0.2) is 56.3 Å². The molecule has 0 bridgehead atoms. The van der Waals surface area contributed by atoms with Gasteiger partial charge in [-0.15, -0.1) is 0 Å². The third-order valence-corrected chi connectivity index (χ3v) is 5.13. The second-order valence-corrected chi connectivity index (χ2v) is 6.88. The summed E-state index contributed by atoms with van der Waals surface area (Å²) in [5.74, 6) is 1.72. The quantitative estimate of drug-likeness (QED) is 0.778. The van der Waals surface area contributed by atoms with Crippen LogP contribution in [0.25, 0.3) is 6.08 Å². The number of benzene rings is 2. The lowest BCUT2D eigenvalue weighted by molar-refractivity contribution is 0.0336. The van der Waals surface area contributed by atoms with E-state index in [-0.39, 0.29) is 17.3 Å². The van der Waals surface area contributed by atoms with E-state index in [1.54, 1.807) is 50.6 Å². The number of phenols is 1. The van der Waals surface area contributed by atoms with Gasteiger partial charge in [0, 0.05) is 25.2 Å². The number of allylic oxidation sites excluding steroid dienone is 1. The van der Waals surface area contributed by atoms with Gasteiger partial charge in [0.05, 0.1) is 38.6 Å². The number of carbonyl (C=O) groups excluding carboxylic acids is 1. The average molecular weight is 397 g/mol. The van der Waals surface area contributed by atoms with Crippen LogP contribution in [0, 0.1) is 0 Å². The van der Waals surface area contributed by atoms with Crippen LogP contribution < -0.4 is 14.2 Å². The maximum absolute atomic E-state index is 12.9. The summed E-state index contributed by atoms with van der Waals surface area (Å²) in [6.45, 7) is 3.32. The van der Waals surface area contributed by atoms with Crippen molar-refractivity contribution >= 4 is 11.9 Å². The van der Waals surface area contributed by atoms with E-state index in [2.05, 4.69) is 4.90 Å². The standard InChI is InChI=1S/C22H23NO6/c1-26-15-3-6-19(27-2)14(11-15)12-20-21(25)16-4-5-18(24)17(22(16)29-20)13-23-7-9-28-10-8-23/h3-6,11-12,24H,7-10,13H2,1-2H3. The molecule has 0 aliphatic carbocycles. The van der Waals surface area contributed by atoms with Gasteiger partial charge < -0.3 is 24.1 Å². The number of hydrogen-bond donors (Lipinski definition) is 1. The first-order valence-corrected chi connectivity index (χ1v) is 9.42. The molecule has 0 radical (unpaired) electrons. The van der Waals surface area contributed by atoms with Gasteiger partial charge in [-0.1, -0.05) is 0 Å². The Labute approximate surface area is 169 Å². The number of ether oxygens (including phenoxy) is 4. The minimum Gasteiger partial charge on any atom is -0.507 e. The molecule has 2 aliphatic rings. The summed E-state index contributed by atoms with van der Waals surface area (Å²) in [6.07, 6.45) is 1.64. The summed E-state index contributed by atoms with van der Waals surface area (Å²) in [7, 11) is 3.14. The van der Waals surface area contributed by atoms with Gasteiger partial charge in [0.2, 0.25) is 5.78 Å². The highest BCUT2D eigenvalue weighted by Gasteiger charge is 2.32. The molecule has 0 saturated carbocycles. The average Bonchev–Trinajstić information content (AvgIpc) is 3.06. The topological polar surface area (TPSA) is 77.5 Å². The highest BCUT2D eigenvalue weighted by Crippen LogP contribution is 2.40. The van der Waals surface area contributed by atoms with E-state index in [0.29, 0.717) is 53.7 Å². The lowest BCUT2D eigenvalue weighted by Crippen LogP contribution is -2.35. The molecule has 1 saturated heterocycles. The molecule has 7 heteroatoms. The number of morpholine rings is 1. The van der Waals surface area contributed by atoms with Crippen molar-refractivity contribution < 1.29 is 28.8 Å². The molecule has 0 unspecified atom stereocenters. The van der Waals surface area contributed by atoms with Crippen LogP contribution in [0.1, 0.15) is 21.5 Å². The van der Waals surface area contributed by atoms with E-state index >= 15 is 0 Å². The Morgan fingerprint density at radius 3 is 2.66 bits per heavy atom. The molecule has 2 aromatic carbocycles. The minimum atomic E-state index is -0.229. The summed E-state index contributed by atoms with van der Waals surface area (Å²) < 4.78 is 22.0. The number of aromatic hydroxyl groups is 1. The summed E-state index contributed by atoms with van der Waals surface area (Å²) in [5, 5.41) is 10.4. The number of carbonyl (C=O) groups is 1. The first-order chi connectivity index (χ1) is 14.1. The zero-order chi connectivity index (χ0) is 20.4. The Morgan fingerprint density at radius 2 is 1.93 bits per heavy atom. The third-order valence-electron chi connectivity index (χ3n) is 5.13. The second-order valence-electron chi connectivity index (χ2n) is 6.88. The lowest BCUT2D eigenvalue weighted by Gasteiger charge is -2.27. The number of rotatable bonds is 5. The Bertz CT molecular complexity index is 962. The predicted octanol–water partition coefficient (Wildman–Crippen LogP) is 2.86. The monoisotopic (exact) mass is 397 g/mol. The molecule has 4 rings (SSSR count). The second kappa shape index (κ2) is 8.14. The van der Waals surface area contributed by atoms with Gasteiger partial charge in [0.25, 0.3) is 0 Å². The zero-order valence-electron chi connectivity index (χ0n) is 16.4. The summed E-state index contributed by atoms with van der Waals surface area (Å²) in [6, 6.07) is 8.47. The summed E-state index contributed by atoms with van der Waals surface area (Å²) >= 11 is 0. The Kier molecular flexibility index (Phi) is 5.42. The minimum absolute atomic E-state index is 0.114. The molecule has 2 heterocycles. The van der Waals surface area contributed by atoms with Gasteiger partial charge in [0.15, 0.2) is 5.76 Å². The van der Waals surface area contributed by atoms with Crippen LogP contribution in [0.15, 0.2) is 36.1 Å². The summed E-state index contributed by atoms with van der Waals surface area (Å²) in [4.78, 5) is 15.1. The van der Waals surface area contributed by atoms with Crippen molar-refractivity contribution in [2.75, 3.05) is 40.5 Å². The van der Waals surface area contributed by atoms with Crippen molar-refractivity contribution in [3.8, 4) is 23.0 Å². The molecule has 2 aromatic rings. The molecule has 2 aliphatic heterocycles. The zero-order valence-corrected chi connectivity index (χ0v) is 16.4. The third kappa shape index (κ3) is 3.79. The van der Waals surface area contributed by atoms with E-state index in [9.17, 15) is 9.90 Å². The number of fused-ring (bicyclic) bond motifs is 1. The molecule has 0 spiro atoms. The van der Waals surface area contributed by atoms with Gasteiger partial charge in [-0.25, -0.2) is 0 Å². The molecule has 0 aromatic heterocycles. The van der Waals surface area contributed by atoms with Crippen LogP contribution in [-0.2, 0) is 11.3 Å². The molecule has 1 fully saturated rings. The van der Waals surface area contributed by atoms with Gasteiger partial charge >= 0.3 is 0 Å². The number of hydrogen-bond acceptors (Lipinski definition) is 7.